The highest BCUT2D eigenvalue weighted by Crippen LogP contribution is 2.10. The molecule has 1 aromatic rings. The van der Waals surface area contributed by atoms with Crippen molar-refractivity contribution in [2.24, 2.45) is 0 Å². The van der Waals surface area contributed by atoms with Crippen LogP contribution in [0.4, 0.5) is 4.79 Å². The van der Waals surface area contributed by atoms with E-state index in [1.165, 1.54) is 17.5 Å². The van der Waals surface area contributed by atoms with Crippen LogP contribution in [0.15, 0.2) is 6.20 Å². The van der Waals surface area contributed by atoms with Gasteiger partial charge in [-0.2, -0.15) is 5.26 Å². The Labute approximate surface area is 72.3 Å². The van der Waals surface area contributed by atoms with Gasteiger partial charge in [0.2, 0.25) is 0 Å². The highest BCUT2D eigenvalue weighted by molar-refractivity contribution is 7.12. The molecule has 1 rings (SSSR count). The molecular formula is C6H5N3O2S. The third-order valence-corrected chi connectivity index (χ3v) is 1.96. The highest BCUT2D eigenvalue weighted by atomic mass is 32.1. The molecule has 0 aromatic carbocycles. The summed E-state index contributed by atoms with van der Waals surface area (Å²) in [7, 11) is 0. The van der Waals surface area contributed by atoms with Crippen molar-refractivity contribution in [1.29, 1.82) is 5.26 Å². The number of nitrogens with zero attached hydrogens (tertiary/aromatic N) is 2. The molecule has 0 unspecified atom stereocenters. The zero-order valence-electron chi connectivity index (χ0n) is 5.94. The zero-order chi connectivity index (χ0) is 8.97. The van der Waals surface area contributed by atoms with E-state index in [1.807, 2.05) is 6.07 Å². The number of carbonyl (C=O) groups is 1. The number of hydrogen-bond acceptors (Lipinski definition) is 4. The lowest BCUT2D eigenvalue weighted by atomic mass is 10.6. The van der Waals surface area contributed by atoms with Gasteiger partial charge in [-0.3, -0.25) is 0 Å². The lowest BCUT2D eigenvalue weighted by Crippen LogP contribution is -2.19. The van der Waals surface area contributed by atoms with Crippen LogP contribution in [0.1, 0.15) is 9.88 Å². The van der Waals surface area contributed by atoms with Crippen LogP contribution in [-0.2, 0) is 6.54 Å². The van der Waals surface area contributed by atoms with Crippen LogP contribution in [0.5, 0.6) is 0 Å². The summed E-state index contributed by atoms with van der Waals surface area (Å²) < 4.78 is 0. The van der Waals surface area contributed by atoms with Crippen LogP contribution in [0, 0.1) is 11.3 Å². The molecule has 0 aliphatic heterocycles. The number of rotatable bonds is 2. The molecule has 0 fully saturated rings. The summed E-state index contributed by atoms with van der Waals surface area (Å²) >= 11 is 1.18. The van der Waals surface area contributed by atoms with Gasteiger partial charge < -0.3 is 10.4 Å². The van der Waals surface area contributed by atoms with Gasteiger partial charge in [0.25, 0.3) is 0 Å². The minimum Gasteiger partial charge on any atom is -0.465 e. The van der Waals surface area contributed by atoms with Crippen molar-refractivity contribution >= 4 is 17.4 Å². The van der Waals surface area contributed by atoms with Crippen molar-refractivity contribution < 1.29 is 9.90 Å². The average molecular weight is 183 g/mol. The molecule has 0 atom stereocenters. The normalized spacial score (nSPS) is 8.92. The molecule has 62 valence electrons. The molecule has 0 spiro atoms. The molecule has 1 aromatic heterocycles. The van der Waals surface area contributed by atoms with E-state index >= 15 is 0 Å². The average Bonchev–Trinajstić information content (AvgIpc) is 2.48. The van der Waals surface area contributed by atoms with E-state index in [0.717, 1.165) is 0 Å². The van der Waals surface area contributed by atoms with Gasteiger partial charge in [0.1, 0.15) is 16.0 Å². The topological polar surface area (TPSA) is 86.0 Å². The number of aromatic nitrogens is 1. The molecular weight excluding hydrogens is 178 g/mol. The van der Waals surface area contributed by atoms with Gasteiger partial charge in [-0.1, -0.05) is 0 Å². The Balaban J connectivity index is 2.54. The molecule has 5 nitrogen and oxygen atoms in total. The van der Waals surface area contributed by atoms with Crippen molar-refractivity contribution in [2.45, 2.75) is 6.54 Å². The summed E-state index contributed by atoms with van der Waals surface area (Å²) in [5.74, 6) is 0. The van der Waals surface area contributed by atoms with Crippen LogP contribution in [-0.4, -0.2) is 16.2 Å². The van der Waals surface area contributed by atoms with Gasteiger partial charge in [0.15, 0.2) is 0 Å². The maximum absolute atomic E-state index is 10.0. The van der Waals surface area contributed by atoms with E-state index in [-0.39, 0.29) is 6.54 Å². The second kappa shape index (κ2) is 3.69. The minimum absolute atomic E-state index is 0.154. The third-order valence-electron chi connectivity index (χ3n) is 1.05. The summed E-state index contributed by atoms with van der Waals surface area (Å²) in [6.07, 6.45) is 0.326. The van der Waals surface area contributed by atoms with E-state index in [0.29, 0.717) is 9.88 Å². The molecule has 0 aliphatic carbocycles. The number of hydrogen-bond donors (Lipinski definition) is 2. The van der Waals surface area contributed by atoms with E-state index in [4.69, 9.17) is 10.4 Å². The standard InChI is InChI=1S/C6H5N3O2S/c7-1-4-2-8-5(12-4)3-9-6(10)11/h2,9H,3H2,(H,10,11). The first kappa shape index (κ1) is 8.49. The van der Waals surface area contributed by atoms with Gasteiger partial charge in [-0.05, 0) is 0 Å². The van der Waals surface area contributed by atoms with Crippen molar-refractivity contribution in [3.63, 3.8) is 0 Å². The Kier molecular flexibility index (Phi) is 2.61. The Hall–Kier alpha value is -1.61. The van der Waals surface area contributed by atoms with E-state index < -0.39 is 6.09 Å². The van der Waals surface area contributed by atoms with Crippen molar-refractivity contribution in [2.75, 3.05) is 0 Å². The largest absolute Gasteiger partial charge is 0.465 e. The minimum atomic E-state index is -1.09. The maximum Gasteiger partial charge on any atom is 0.405 e. The van der Waals surface area contributed by atoms with Gasteiger partial charge in [-0.25, -0.2) is 9.78 Å². The summed E-state index contributed by atoms with van der Waals surface area (Å²) in [5, 5.41) is 19.4. The quantitative estimate of drug-likeness (QED) is 0.709. The Morgan fingerprint density at radius 1 is 1.92 bits per heavy atom. The van der Waals surface area contributed by atoms with Crippen LogP contribution in [0.25, 0.3) is 0 Å². The maximum atomic E-state index is 10.0. The first-order valence-electron chi connectivity index (χ1n) is 3.04. The van der Waals surface area contributed by atoms with E-state index in [1.54, 1.807) is 0 Å². The van der Waals surface area contributed by atoms with Crippen molar-refractivity contribution in [1.82, 2.24) is 10.3 Å². The molecule has 0 saturated carbocycles. The molecule has 12 heavy (non-hydrogen) atoms. The monoisotopic (exact) mass is 183 g/mol. The molecule has 6 heteroatoms. The second-order valence-electron chi connectivity index (χ2n) is 1.89. The van der Waals surface area contributed by atoms with Crippen LogP contribution < -0.4 is 5.32 Å². The first-order chi connectivity index (χ1) is 5.72. The van der Waals surface area contributed by atoms with Crippen LogP contribution in [0.2, 0.25) is 0 Å². The Morgan fingerprint density at radius 3 is 3.17 bits per heavy atom. The van der Waals surface area contributed by atoms with Gasteiger partial charge in [0.05, 0.1) is 12.7 Å². The SMILES string of the molecule is N#Cc1cnc(CNC(=O)O)s1. The summed E-state index contributed by atoms with van der Waals surface area (Å²) in [6, 6.07) is 1.92. The van der Waals surface area contributed by atoms with Crippen molar-refractivity contribution in [3.05, 3.63) is 16.1 Å². The van der Waals surface area contributed by atoms with Gasteiger partial charge >= 0.3 is 6.09 Å². The highest BCUT2D eigenvalue weighted by Gasteiger charge is 2.01. The first-order valence-corrected chi connectivity index (χ1v) is 3.85. The number of nitrogens with one attached hydrogen (secondary N) is 1. The fraction of sp³-hybridized carbons (Fsp3) is 0.167. The number of nitriles is 1. The van der Waals surface area contributed by atoms with Gasteiger partial charge in [0, 0.05) is 0 Å². The second-order valence-corrected chi connectivity index (χ2v) is 3.00. The van der Waals surface area contributed by atoms with Crippen LogP contribution in [0.3, 0.4) is 0 Å². The Bertz CT molecular complexity index is 328. The van der Waals surface area contributed by atoms with Crippen LogP contribution >= 0.6 is 11.3 Å². The summed E-state index contributed by atoms with van der Waals surface area (Å²) in [4.78, 5) is 14.4. The predicted molar refractivity (Wildman–Crippen MR) is 41.7 cm³/mol. The van der Waals surface area contributed by atoms with Crippen molar-refractivity contribution in [3.8, 4) is 6.07 Å². The summed E-state index contributed by atoms with van der Waals surface area (Å²) in [6.45, 7) is 0.154. The number of thiazole rings is 1. The number of carboxylic acid groups (broad SMARTS) is 1. The van der Waals surface area contributed by atoms with E-state index in [2.05, 4.69) is 10.3 Å². The Morgan fingerprint density at radius 2 is 2.67 bits per heavy atom. The fourth-order valence-corrected chi connectivity index (χ4v) is 1.25. The predicted octanol–water partition coefficient (Wildman–Crippen LogP) is 0.782. The molecule has 0 saturated heterocycles. The fourth-order valence-electron chi connectivity index (χ4n) is 0.595. The molecule has 2 N–H and O–H groups in total. The number of amides is 1. The van der Waals surface area contributed by atoms with E-state index in [9.17, 15) is 4.79 Å². The zero-order valence-corrected chi connectivity index (χ0v) is 6.76. The molecule has 1 amide bonds. The molecule has 0 bridgehead atoms. The molecule has 1 heterocycles. The van der Waals surface area contributed by atoms with Gasteiger partial charge in [-0.15, -0.1) is 11.3 Å². The summed E-state index contributed by atoms with van der Waals surface area (Å²) in [5.41, 5.74) is 0. The molecule has 0 radical (unpaired) electrons. The lowest BCUT2D eigenvalue weighted by molar-refractivity contribution is 0.194. The smallest absolute Gasteiger partial charge is 0.405 e. The lowest BCUT2D eigenvalue weighted by Gasteiger charge is -1.93. The third kappa shape index (κ3) is 2.21. The molecule has 0 aliphatic rings.